The Labute approximate surface area is 176 Å². The van der Waals surface area contributed by atoms with Crippen LogP contribution in [0.4, 0.5) is 5.69 Å². The number of imide groups is 1. The van der Waals surface area contributed by atoms with Gasteiger partial charge in [-0.05, 0) is 66.8 Å². The van der Waals surface area contributed by atoms with Crippen LogP contribution in [0.1, 0.15) is 6.42 Å². The molecule has 148 valence electrons. The maximum absolute atomic E-state index is 12.9. The smallest absolute Gasteiger partial charge is 0.339 e. The Morgan fingerprint density at radius 3 is 1.97 bits per heavy atom. The predicted molar refractivity (Wildman–Crippen MR) is 109 cm³/mol. The van der Waals surface area contributed by atoms with Gasteiger partial charge in [-0.2, -0.15) is 8.42 Å². The minimum Gasteiger partial charge on any atom is -0.379 e. The molecule has 29 heavy (non-hydrogen) atoms. The van der Waals surface area contributed by atoms with Crippen molar-refractivity contribution in [2.75, 3.05) is 4.90 Å². The quantitative estimate of drug-likeness (QED) is 0.385. The van der Waals surface area contributed by atoms with Crippen molar-refractivity contribution >= 4 is 43.5 Å². The van der Waals surface area contributed by atoms with Crippen molar-refractivity contribution < 1.29 is 22.2 Å². The summed E-state index contributed by atoms with van der Waals surface area (Å²) in [7, 11) is -3.98. The van der Waals surface area contributed by atoms with Gasteiger partial charge in [0.05, 0.1) is 17.5 Å². The zero-order valence-corrected chi connectivity index (χ0v) is 17.5. The molecular weight excluding hydrogens is 458 g/mol. The van der Waals surface area contributed by atoms with Crippen LogP contribution in [0.3, 0.4) is 0 Å². The lowest BCUT2D eigenvalue weighted by atomic mass is 9.85. The van der Waals surface area contributed by atoms with Crippen molar-refractivity contribution in [3.05, 3.63) is 65.2 Å². The molecule has 1 aliphatic heterocycles. The largest absolute Gasteiger partial charge is 0.379 e. The van der Waals surface area contributed by atoms with Gasteiger partial charge in [0, 0.05) is 4.47 Å². The average Bonchev–Trinajstić information content (AvgIpc) is 3.37. The summed E-state index contributed by atoms with van der Waals surface area (Å²) in [5.41, 5.74) is 0.433. The van der Waals surface area contributed by atoms with Crippen molar-refractivity contribution in [1.29, 1.82) is 0 Å². The predicted octanol–water partition coefficient (Wildman–Crippen LogP) is 3.53. The molecule has 0 N–H and O–H groups in total. The molecule has 6 nitrogen and oxygen atoms in total. The minimum atomic E-state index is -3.98. The van der Waals surface area contributed by atoms with Crippen LogP contribution in [0.25, 0.3) is 0 Å². The molecule has 5 rings (SSSR count). The van der Waals surface area contributed by atoms with E-state index in [1.807, 2.05) is 12.2 Å². The minimum absolute atomic E-state index is 0.0328. The number of allylic oxidation sites excluding steroid dienone is 2. The van der Waals surface area contributed by atoms with Gasteiger partial charge in [0.2, 0.25) is 11.8 Å². The van der Waals surface area contributed by atoms with Crippen LogP contribution >= 0.6 is 15.9 Å². The summed E-state index contributed by atoms with van der Waals surface area (Å²) in [4.78, 5) is 27.0. The third kappa shape index (κ3) is 2.93. The second kappa shape index (κ2) is 6.53. The lowest BCUT2D eigenvalue weighted by molar-refractivity contribution is -0.123. The standard InChI is InChI=1S/C21H16BrNO5S/c22-14-3-9-17(10-4-14)29(26,27)28-16-7-5-15(6-8-16)23-20(24)18-12-1-2-13(11-12)19(18)21(23)25/h1-10,12-13,18-19H,11H2/t12-,13+,18-,19-/m0/s1. The Balaban J connectivity index is 1.36. The lowest BCUT2D eigenvalue weighted by Gasteiger charge is -2.17. The molecule has 2 aliphatic carbocycles. The van der Waals surface area contributed by atoms with Crippen LogP contribution in [-0.4, -0.2) is 20.2 Å². The van der Waals surface area contributed by atoms with Crippen LogP contribution in [0.2, 0.25) is 0 Å². The highest BCUT2D eigenvalue weighted by Gasteiger charge is 2.59. The first-order valence-corrected chi connectivity index (χ1v) is 11.4. The first-order valence-electron chi connectivity index (χ1n) is 9.21. The highest BCUT2D eigenvalue weighted by molar-refractivity contribution is 9.10. The average molecular weight is 474 g/mol. The third-order valence-electron chi connectivity index (χ3n) is 5.87. The van der Waals surface area contributed by atoms with E-state index >= 15 is 0 Å². The van der Waals surface area contributed by atoms with E-state index in [1.165, 1.54) is 29.2 Å². The molecule has 2 amide bonds. The van der Waals surface area contributed by atoms with Crippen LogP contribution in [0, 0.1) is 23.7 Å². The summed E-state index contributed by atoms with van der Waals surface area (Å²) in [6.45, 7) is 0. The van der Waals surface area contributed by atoms with E-state index in [2.05, 4.69) is 15.9 Å². The van der Waals surface area contributed by atoms with Gasteiger partial charge < -0.3 is 4.18 Å². The number of nitrogens with zero attached hydrogens (tertiary/aromatic N) is 1. The maximum Gasteiger partial charge on any atom is 0.339 e. The summed E-state index contributed by atoms with van der Waals surface area (Å²) in [6.07, 6.45) is 4.97. The number of benzene rings is 2. The molecule has 0 unspecified atom stereocenters. The Kier molecular flexibility index (Phi) is 4.18. The Morgan fingerprint density at radius 2 is 1.41 bits per heavy atom. The highest BCUT2D eigenvalue weighted by atomic mass is 79.9. The molecule has 0 aromatic heterocycles. The molecule has 8 heteroatoms. The van der Waals surface area contributed by atoms with E-state index in [-0.39, 0.29) is 46.1 Å². The monoisotopic (exact) mass is 473 g/mol. The number of amides is 2. The van der Waals surface area contributed by atoms with Crippen LogP contribution in [0.15, 0.2) is 70.1 Å². The zero-order valence-electron chi connectivity index (χ0n) is 15.1. The molecule has 2 fully saturated rings. The van der Waals surface area contributed by atoms with Gasteiger partial charge >= 0.3 is 10.1 Å². The number of carbonyl (C=O) groups excluding carboxylic acids is 2. The lowest BCUT2D eigenvalue weighted by Crippen LogP contribution is -2.32. The van der Waals surface area contributed by atoms with Crippen molar-refractivity contribution in [1.82, 2.24) is 0 Å². The van der Waals surface area contributed by atoms with E-state index in [0.29, 0.717) is 5.69 Å². The van der Waals surface area contributed by atoms with Crippen molar-refractivity contribution in [3.8, 4) is 5.75 Å². The molecule has 0 radical (unpaired) electrons. The number of rotatable bonds is 4. The van der Waals surface area contributed by atoms with Crippen molar-refractivity contribution in [2.45, 2.75) is 11.3 Å². The number of hydrogen-bond acceptors (Lipinski definition) is 5. The van der Waals surface area contributed by atoms with E-state index in [9.17, 15) is 18.0 Å². The summed E-state index contributed by atoms with van der Waals surface area (Å²) in [5, 5.41) is 0. The number of hydrogen-bond donors (Lipinski definition) is 0. The van der Waals surface area contributed by atoms with Crippen LogP contribution < -0.4 is 9.08 Å². The van der Waals surface area contributed by atoms with E-state index < -0.39 is 10.1 Å². The first-order chi connectivity index (χ1) is 13.8. The Morgan fingerprint density at radius 1 is 0.862 bits per heavy atom. The Hall–Kier alpha value is -2.45. The first kappa shape index (κ1) is 18.6. The number of fused-ring (bicyclic) bond motifs is 5. The third-order valence-corrected chi connectivity index (χ3v) is 7.66. The van der Waals surface area contributed by atoms with Gasteiger partial charge in [0.25, 0.3) is 0 Å². The van der Waals surface area contributed by atoms with E-state index in [0.717, 1.165) is 10.9 Å². The molecule has 2 bridgehead atoms. The molecular formula is C21H16BrNO5S. The maximum atomic E-state index is 12.9. The molecule has 3 aliphatic rings. The Bertz CT molecular complexity index is 1110. The van der Waals surface area contributed by atoms with Gasteiger partial charge in [-0.1, -0.05) is 28.1 Å². The van der Waals surface area contributed by atoms with E-state index in [1.54, 1.807) is 24.3 Å². The number of halogens is 1. The molecule has 1 saturated heterocycles. The fraction of sp³-hybridized carbons (Fsp3) is 0.238. The zero-order chi connectivity index (χ0) is 20.3. The topological polar surface area (TPSA) is 80.8 Å². The normalized spacial score (nSPS) is 27.6. The summed E-state index contributed by atoms with van der Waals surface area (Å²) >= 11 is 3.26. The van der Waals surface area contributed by atoms with Crippen LogP contribution in [-0.2, 0) is 19.7 Å². The van der Waals surface area contributed by atoms with Gasteiger partial charge in [0.15, 0.2) is 0 Å². The fourth-order valence-electron chi connectivity index (χ4n) is 4.58. The van der Waals surface area contributed by atoms with Gasteiger partial charge in [-0.15, -0.1) is 0 Å². The molecule has 4 atom stereocenters. The van der Waals surface area contributed by atoms with Gasteiger partial charge in [-0.25, -0.2) is 0 Å². The molecule has 2 aromatic rings. The second-order valence-electron chi connectivity index (χ2n) is 7.50. The summed E-state index contributed by atoms with van der Waals surface area (Å²) in [5.74, 6) is -0.494. The summed E-state index contributed by atoms with van der Waals surface area (Å²) < 4.78 is 30.7. The molecule has 1 saturated carbocycles. The molecule has 2 aromatic carbocycles. The SMILES string of the molecule is O=C1[C@@H]2[C@@H](C(=O)N1c1ccc(OS(=O)(=O)c3ccc(Br)cc3)cc1)[C@H]1C=C[C@@H]2C1. The molecule has 1 heterocycles. The van der Waals surface area contributed by atoms with Gasteiger partial charge in [0.1, 0.15) is 10.6 Å². The fourth-order valence-corrected chi connectivity index (χ4v) is 5.78. The second-order valence-corrected chi connectivity index (χ2v) is 9.96. The summed E-state index contributed by atoms with van der Waals surface area (Å²) in [6, 6.07) is 12.1. The van der Waals surface area contributed by atoms with Crippen molar-refractivity contribution in [3.63, 3.8) is 0 Å². The number of anilines is 1. The number of carbonyl (C=O) groups is 2. The van der Waals surface area contributed by atoms with Crippen molar-refractivity contribution in [2.24, 2.45) is 23.7 Å². The van der Waals surface area contributed by atoms with Gasteiger partial charge in [-0.3, -0.25) is 14.5 Å². The van der Waals surface area contributed by atoms with E-state index in [4.69, 9.17) is 4.18 Å². The highest BCUT2D eigenvalue weighted by Crippen LogP contribution is 2.53. The van der Waals surface area contributed by atoms with Crippen LogP contribution in [0.5, 0.6) is 5.75 Å². The molecule has 0 spiro atoms.